The van der Waals surface area contributed by atoms with Crippen LogP contribution in [0.15, 0.2) is 48.5 Å². The van der Waals surface area contributed by atoms with E-state index in [-0.39, 0.29) is 17.2 Å². The van der Waals surface area contributed by atoms with Crippen LogP contribution in [0, 0.1) is 0 Å². The number of hydrogen-bond acceptors (Lipinski definition) is 2. The maximum absolute atomic E-state index is 12.1. The predicted molar refractivity (Wildman–Crippen MR) is 101 cm³/mol. The molecule has 0 spiro atoms. The van der Waals surface area contributed by atoms with Gasteiger partial charge in [0.15, 0.2) is 0 Å². The van der Waals surface area contributed by atoms with Crippen LogP contribution in [0.5, 0.6) is 0 Å². The van der Waals surface area contributed by atoms with Crippen LogP contribution < -0.4 is 10.6 Å². The number of halogens is 1. The molecule has 2 N–H and O–H groups in total. The second-order valence-electron chi connectivity index (χ2n) is 6.85. The Morgan fingerprint density at radius 2 is 1.20 bits per heavy atom. The van der Waals surface area contributed by atoms with Crippen molar-refractivity contribution >= 4 is 23.4 Å². The van der Waals surface area contributed by atoms with Gasteiger partial charge in [0.2, 0.25) is 0 Å². The SMILES string of the molecule is CC(C)(C)c1ccc(C(=O)NCCNC(=O)c2ccc(Cl)cc2)cc1. The normalized spacial score (nSPS) is 11.0. The van der Waals surface area contributed by atoms with Crippen molar-refractivity contribution in [2.45, 2.75) is 26.2 Å². The van der Waals surface area contributed by atoms with Crippen LogP contribution in [0.1, 0.15) is 47.1 Å². The first-order valence-electron chi connectivity index (χ1n) is 8.20. The van der Waals surface area contributed by atoms with Crippen LogP contribution in [0.2, 0.25) is 5.02 Å². The molecule has 25 heavy (non-hydrogen) atoms. The maximum Gasteiger partial charge on any atom is 0.251 e. The number of carbonyl (C=O) groups excluding carboxylic acids is 2. The monoisotopic (exact) mass is 358 g/mol. The zero-order valence-corrected chi connectivity index (χ0v) is 15.5. The van der Waals surface area contributed by atoms with Crippen molar-refractivity contribution < 1.29 is 9.59 Å². The van der Waals surface area contributed by atoms with Gasteiger partial charge in [-0.15, -0.1) is 0 Å². The Hall–Kier alpha value is -2.33. The Morgan fingerprint density at radius 3 is 1.60 bits per heavy atom. The summed E-state index contributed by atoms with van der Waals surface area (Å²) in [5, 5.41) is 6.14. The lowest BCUT2D eigenvalue weighted by atomic mass is 9.87. The summed E-state index contributed by atoms with van der Waals surface area (Å²) >= 11 is 5.79. The summed E-state index contributed by atoms with van der Waals surface area (Å²) in [6, 6.07) is 14.2. The molecule has 2 amide bonds. The van der Waals surface area contributed by atoms with Gasteiger partial charge in [-0.3, -0.25) is 9.59 Å². The molecule has 5 heteroatoms. The number of amides is 2. The van der Waals surface area contributed by atoms with Crippen molar-refractivity contribution in [2.75, 3.05) is 13.1 Å². The summed E-state index contributed by atoms with van der Waals surface area (Å²) in [5.74, 6) is -0.346. The zero-order chi connectivity index (χ0) is 18.4. The second-order valence-corrected chi connectivity index (χ2v) is 7.28. The van der Waals surface area contributed by atoms with Crippen molar-refractivity contribution in [3.05, 3.63) is 70.2 Å². The fraction of sp³-hybridized carbons (Fsp3) is 0.300. The van der Waals surface area contributed by atoms with E-state index in [1.807, 2.05) is 24.3 Å². The highest BCUT2D eigenvalue weighted by atomic mass is 35.5. The van der Waals surface area contributed by atoms with Crippen molar-refractivity contribution in [3.8, 4) is 0 Å². The molecule has 0 aliphatic carbocycles. The average Bonchev–Trinajstić information content (AvgIpc) is 2.58. The van der Waals surface area contributed by atoms with Crippen LogP contribution >= 0.6 is 11.6 Å². The molecule has 4 nitrogen and oxygen atoms in total. The number of rotatable bonds is 5. The van der Waals surface area contributed by atoms with E-state index in [1.165, 1.54) is 5.56 Å². The standard InChI is InChI=1S/C20H23ClN2O2/c1-20(2,3)16-8-4-14(5-9-16)18(24)22-12-13-23-19(25)15-6-10-17(21)11-7-15/h4-11H,12-13H2,1-3H3,(H,22,24)(H,23,25). The van der Waals surface area contributed by atoms with Crippen molar-refractivity contribution in [1.29, 1.82) is 0 Å². The van der Waals surface area contributed by atoms with Gasteiger partial charge in [0.1, 0.15) is 0 Å². The van der Waals surface area contributed by atoms with E-state index >= 15 is 0 Å². The van der Waals surface area contributed by atoms with Crippen molar-refractivity contribution in [3.63, 3.8) is 0 Å². The number of benzene rings is 2. The minimum Gasteiger partial charge on any atom is -0.350 e. The molecule has 132 valence electrons. The molecule has 0 atom stereocenters. The van der Waals surface area contributed by atoms with E-state index < -0.39 is 0 Å². The number of hydrogen-bond donors (Lipinski definition) is 2. The van der Waals surface area contributed by atoms with Crippen LogP contribution in [0.4, 0.5) is 0 Å². The highest BCUT2D eigenvalue weighted by Crippen LogP contribution is 2.22. The van der Waals surface area contributed by atoms with Gasteiger partial charge >= 0.3 is 0 Å². The van der Waals surface area contributed by atoms with Gasteiger partial charge in [-0.05, 0) is 47.4 Å². The molecule has 0 fully saturated rings. The third-order valence-corrected chi connectivity index (χ3v) is 4.07. The van der Waals surface area contributed by atoms with E-state index in [4.69, 9.17) is 11.6 Å². The number of carbonyl (C=O) groups is 2. The smallest absolute Gasteiger partial charge is 0.251 e. The summed E-state index contributed by atoms with van der Waals surface area (Å²) in [7, 11) is 0. The summed E-state index contributed by atoms with van der Waals surface area (Å²) in [6.45, 7) is 7.11. The predicted octanol–water partition coefficient (Wildman–Crippen LogP) is 3.80. The highest BCUT2D eigenvalue weighted by molar-refractivity contribution is 6.30. The molecule has 0 radical (unpaired) electrons. The van der Waals surface area contributed by atoms with Gasteiger partial charge in [-0.25, -0.2) is 0 Å². The lowest BCUT2D eigenvalue weighted by molar-refractivity contribution is 0.0927. The molecule has 0 aromatic heterocycles. The second kappa shape index (κ2) is 8.17. The molecule has 2 aromatic rings. The minimum atomic E-state index is -0.194. The van der Waals surface area contributed by atoms with Crippen molar-refractivity contribution in [2.24, 2.45) is 0 Å². The Balaban J connectivity index is 1.78. The number of nitrogens with one attached hydrogen (secondary N) is 2. The lowest BCUT2D eigenvalue weighted by Gasteiger charge is -2.19. The summed E-state index contributed by atoms with van der Waals surface area (Å²) in [5.41, 5.74) is 2.38. The van der Waals surface area contributed by atoms with Gasteiger partial charge in [0.25, 0.3) is 11.8 Å². The van der Waals surface area contributed by atoms with E-state index in [9.17, 15) is 9.59 Å². The fourth-order valence-corrected chi connectivity index (χ4v) is 2.41. The molecule has 0 aliphatic rings. The van der Waals surface area contributed by atoms with Gasteiger partial charge < -0.3 is 10.6 Å². The average molecular weight is 359 g/mol. The molecule has 0 aliphatic heterocycles. The molecule has 2 aromatic carbocycles. The van der Waals surface area contributed by atoms with Gasteiger partial charge in [0, 0.05) is 29.2 Å². The molecule has 0 saturated carbocycles. The third kappa shape index (κ3) is 5.61. The molecule has 0 unspecified atom stereocenters. The largest absolute Gasteiger partial charge is 0.350 e. The van der Waals surface area contributed by atoms with E-state index in [0.29, 0.717) is 29.2 Å². The minimum absolute atomic E-state index is 0.0565. The Morgan fingerprint density at radius 1 is 0.800 bits per heavy atom. The molecular formula is C20H23ClN2O2. The summed E-state index contributed by atoms with van der Waals surface area (Å²) < 4.78 is 0. The summed E-state index contributed by atoms with van der Waals surface area (Å²) in [6.07, 6.45) is 0. The van der Waals surface area contributed by atoms with Crippen LogP contribution in [-0.4, -0.2) is 24.9 Å². The molecule has 2 rings (SSSR count). The Kier molecular flexibility index (Phi) is 6.21. The topological polar surface area (TPSA) is 58.2 Å². The molecular weight excluding hydrogens is 336 g/mol. The molecule has 0 saturated heterocycles. The van der Waals surface area contributed by atoms with E-state index in [0.717, 1.165) is 0 Å². The first-order chi connectivity index (χ1) is 11.8. The highest BCUT2D eigenvalue weighted by Gasteiger charge is 2.14. The van der Waals surface area contributed by atoms with Crippen LogP contribution in [0.25, 0.3) is 0 Å². The van der Waals surface area contributed by atoms with Gasteiger partial charge in [0.05, 0.1) is 0 Å². The summed E-state index contributed by atoms with van der Waals surface area (Å²) in [4.78, 5) is 24.1. The first kappa shape index (κ1) is 19.0. The molecule has 0 bridgehead atoms. The Bertz CT molecular complexity index is 732. The van der Waals surface area contributed by atoms with E-state index in [2.05, 4.69) is 31.4 Å². The Labute approximate surface area is 153 Å². The lowest BCUT2D eigenvalue weighted by Crippen LogP contribution is -2.34. The van der Waals surface area contributed by atoms with Gasteiger partial charge in [-0.2, -0.15) is 0 Å². The third-order valence-electron chi connectivity index (χ3n) is 3.82. The zero-order valence-electron chi connectivity index (χ0n) is 14.7. The van der Waals surface area contributed by atoms with Crippen LogP contribution in [0.3, 0.4) is 0 Å². The van der Waals surface area contributed by atoms with Crippen molar-refractivity contribution in [1.82, 2.24) is 10.6 Å². The maximum atomic E-state index is 12.1. The van der Waals surface area contributed by atoms with Crippen LogP contribution in [-0.2, 0) is 5.41 Å². The first-order valence-corrected chi connectivity index (χ1v) is 8.58. The quantitative estimate of drug-likeness (QED) is 0.799. The van der Waals surface area contributed by atoms with E-state index in [1.54, 1.807) is 24.3 Å². The molecule has 0 heterocycles. The fourth-order valence-electron chi connectivity index (χ4n) is 2.28. The van der Waals surface area contributed by atoms with Gasteiger partial charge in [-0.1, -0.05) is 44.5 Å².